The van der Waals surface area contributed by atoms with Gasteiger partial charge in [-0.1, -0.05) is 35.6 Å². The van der Waals surface area contributed by atoms with E-state index in [1.54, 1.807) is 31.3 Å². The van der Waals surface area contributed by atoms with Crippen LogP contribution in [0.25, 0.3) is 23.4 Å². The number of nitrogens with zero attached hydrogens (tertiary/aromatic N) is 3. The van der Waals surface area contributed by atoms with Gasteiger partial charge in [0.25, 0.3) is 0 Å². The molecule has 3 rings (SSSR count). The molecule has 0 saturated heterocycles. The molecule has 0 fully saturated rings. The fourth-order valence-corrected chi connectivity index (χ4v) is 2.73. The Labute approximate surface area is 167 Å². The van der Waals surface area contributed by atoms with Crippen molar-refractivity contribution in [3.05, 3.63) is 70.4 Å². The van der Waals surface area contributed by atoms with E-state index < -0.39 is 23.5 Å². The number of aromatic nitrogens is 3. The third kappa shape index (κ3) is 4.94. The summed E-state index contributed by atoms with van der Waals surface area (Å²) in [5.74, 6) is 0. The van der Waals surface area contributed by atoms with Crippen LogP contribution >= 0.6 is 0 Å². The fraction of sp³-hybridized carbons (Fsp3) is 0.150. The molecule has 0 aliphatic carbocycles. The van der Waals surface area contributed by atoms with Crippen molar-refractivity contribution in [1.82, 2.24) is 15.4 Å². The average molecular weight is 424 g/mol. The van der Waals surface area contributed by atoms with Crippen molar-refractivity contribution >= 4 is 18.4 Å². The van der Waals surface area contributed by atoms with Gasteiger partial charge in [-0.2, -0.15) is 26.3 Å². The average Bonchev–Trinajstić information content (AvgIpc) is 3.14. The molecule has 1 heterocycles. The zero-order valence-corrected chi connectivity index (χ0v) is 15.4. The van der Waals surface area contributed by atoms with Crippen LogP contribution in [0.1, 0.15) is 27.9 Å². The van der Waals surface area contributed by atoms with Gasteiger partial charge in [0.05, 0.1) is 11.1 Å². The van der Waals surface area contributed by atoms with Crippen molar-refractivity contribution in [1.29, 1.82) is 0 Å². The van der Waals surface area contributed by atoms with Crippen LogP contribution in [0, 0.1) is 0 Å². The number of hydrogen-bond donors (Lipinski definition) is 1. The summed E-state index contributed by atoms with van der Waals surface area (Å²) in [5.41, 5.74) is -0.668. The number of hydrogen-bond acceptors (Lipinski definition) is 3. The highest BCUT2D eigenvalue weighted by Crippen LogP contribution is 2.36. The molecule has 4 nitrogen and oxygen atoms in total. The zero-order valence-electron chi connectivity index (χ0n) is 15.4. The van der Waals surface area contributed by atoms with E-state index in [1.165, 1.54) is 18.4 Å². The van der Waals surface area contributed by atoms with Gasteiger partial charge in [0.15, 0.2) is 0 Å². The Hall–Kier alpha value is -3.43. The summed E-state index contributed by atoms with van der Waals surface area (Å²) < 4.78 is 78.0. The quantitative estimate of drug-likeness (QED) is 0.331. The standard InChI is InChI=1S/C20H14F6N4/c1-27-11-17-18(29-30-28-17)14-4-2-3-12(7-14)5-6-13-8-15(19(21,22)23)10-16(9-13)20(24,25)26/h2-11H,1H3,(H,28,29,30)/b6-5-,27-11+. The summed E-state index contributed by atoms with van der Waals surface area (Å²) in [6, 6.07) is 8.20. The monoisotopic (exact) mass is 424 g/mol. The molecule has 0 amide bonds. The van der Waals surface area contributed by atoms with Gasteiger partial charge in [-0.3, -0.25) is 10.1 Å². The zero-order chi connectivity index (χ0) is 21.9. The molecule has 0 aliphatic rings. The molecule has 30 heavy (non-hydrogen) atoms. The molecule has 0 aliphatic heterocycles. The minimum absolute atomic E-state index is 0.0966. The molecule has 3 aromatic rings. The number of aliphatic imine (C=N–C) groups is 1. The van der Waals surface area contributed by atoms with Gasteiger partial charge in [-0.05, 0) is 35.4 Å². The Bertz CT molecular complexity index is 1060. The molecule has 0 radical (unpaired) electrons. The van der Waals surface area contributed by atoms with E-state index in [-0.39, 0.29) is 11.6 Å². The maximum atomic E-state index is 13.0. The van der Waals surface area contributed by atoms with Crippen LogP contribution in [0.4, 0.5) is 26.3 Å². The van der Waals surface area contributed by atoms with Crippen LogP contribution < -0.4 is 0 Å². The first-order valence-corrected chi connectivity index (χ1v) is 8.49. The first-order valence-electron chi connectivity index (χ1n) is 8.49. The number of benzene rings is 2. The van der Waals surface area contributed by atoms with E-state index in [1.807, 2.05) is 0 Å². The van der Waals surface area contributed by atoms with Crippen LogP contribution in [0.3, 0.4) is 0 Å². The minimum Gasteiger partial charge on any atom is -0.294 e. The van der Waals surface area contributed by atoms with Crippen molar-refractivity contribution in [3.8, 4) is 11.3 Å². The fourth-order valence-electron chi connectivity index (χ4n) is 2.73. The van der Waals surface area contributed by atoms with Crippen LogP contribution in [-0.2, 0) is 12.4 Å². The van der Waals surface area contributed by atoms with E-state index in [0.717, 1.165) is 0 Å². The number of alkyl halides is 6. The van der Waals surface area contributed by atoms with Crippen LogP contribution in [0.5, 0.6) is 0 Å². The molecule has 0 bridgehead atoms. The number of halogens is 6. The van der Waals surface area contributed by atoms with Gasteiger partial charge in [-0.15, -0.1) is 5.10 Å². The molecule has 0 spiro atoms. The van der Waals surface area contributed by atoms with Gasteiger partial charge >= 0.3 is 12.4 Å². The van der Waals surface area contributed by atoms with E-state index in [0.29, 0.717) is 34.6 Å². The van der Waals surface area contributed by atoms with Crippen LogP contribution in [0.15, 0.2) is 47.5 Å². The third-order valence-corrected chi connectivity index (χ3v) is 4.07. The molecule has 0 saturated carbocycles. The maximum absolute atomic E-state index is 13.0. The minimum atomic E-state index is -4.89. The second-order valence-corrected chi connectivity index (χ2v) is 6.26. The number of nitrogens with one attached hydrogen (secondary N) is 1. The van der Waals surface area contributed by atoms with E-state index in [4.69, 9.17) is 0 Å². The lowest BCUT2D eigenvalue weighted by atomic mass is 10.0. The van der Waals surface area contributed by atoms with Gasteiger partial charge in [0.1, 0.15) is 11.4 Å². The molecule has 0 atom stereocenters. The first kappa shape index (κ1) is 21.3. The van der Waals surface area contributed by atoms with Crippen LogP contribution in [-0.4, -0.2) is 28.7 Å². The van der Waals surface area contributed by atoms with Crippen LogP contribution in [0.2, 0.25) is 0 Å². The van der Waals surface area contributed by atoms with E-state index in [9.17, 15) is 26.3 Å². The predicted octanol–water partition coefficient (Wildman–Crippen LogP) is 5.73. The van der Waals surface area contributed by atoms with Gasteiger partial charge in [0.2, 0.25) is 0 Å². The molecule has 2 aromatic carbocycles. The van der Waals surface area contributed by atoms with Crippen molar-refractivity contribution in [3.63, 3.8) is 0 Å². The highest BCUT2D eigenvalue weighted by molar-refractivity contribution is 5.86. The molecule has 156 valence electrons. The van der Waals surface area contributed by atoms with Crippen molar-refractivity contribution in [2.75, 3.05) is 7.05 Å². The Morgan fingerprint density at radius 1 is 0.867 bits per heavy atom. The van der Waals surface area contributed by atoms with Crippen molar-refractivity contribution < 1.29 is 26.3 Å². The SMILES string of the molecule is C/N=C/c1[nH]nnc1-c1cccc(/C=C\c2cc(C(F)(F)F)cc(C(F)(F)F)c2)c1. The first-order chi connectivity index (χ1) is 14.1. The Morgan fingerprint density at radius 2 is 1.50 bits per heavy atom. The number of H-pyrrole nitrogens is 1. The highest BCUT2D eigenvalue weighted by atomic mass is 19.4. The van der Waals surface area contributed by atoms with Gasteiger partial charge < -0.3 is 0 Å². The summed E-state index contributed by atoms with van der Waals surface area (Å²) in [6.07, 6.45) is -5.64. The van der Waals surface area contributed by atoms with E-state index in [2.05, 4.69) is 20.4 Å². The Morgan fingerprint density at radius 3 is 2.10 bits per heavy atom. The highest BCUT2D eigenvalue weighted by Gasteiger charge is 2.36. The topological polar surface area (TPSA) is 53.9 Å². The predicted molar refractivity (Wildman–Crippen MR) is 101 cm³/mol. The maximum Gasteiger partial charge on any atom is 0.416 e. The summed E-state index contributed by atoms with van der Waals surface area (Å²) in [6.45, 7) is 0. The van der Waals surface area contributed by atoms with E-state index >= 15 is 0 Å². The Kier molecular flexibility index (Phi) is 5.77. The Balaban J connectivity index is 1.97. The molecule has 0 unspecified atom stereocenters. The normalized spacial score (nSPS) is 12.9. The second kappa shape index (κ2) is 8.13. The summed E-state index contributed by atoms with van der Waals surface area (Å²) >= 11 is 0. The molecule has 10 heteroatoms. The lowest BCUT2D eigenvalue weighted by molar-refractivity contribution is -0.143. The summed E-state index contributed by atoms with van der Waals surface area (Å²) in [4.78, 5) is 3.88. The molecular weight excluding hydrogens is 410 g/mol. The van der Waals surface area contributed by atoms with Gasteiger partial charge in [0, 0.05) is 18.8 Å². The lowest BCUT2D eigenvalue weighted by Gasteiger charge is -2.13. The smallest absolute Gasteiger partial charge is 0.294 e. The van der Waals surface area contributed by atoms with Crippen molar-refractivity contribution in [2.24, 2.45) is 4.99 Å². The molecule has 1 aromatic heterocycles. The summed E-state index contributed by atoms with van der Waals surface area (Å²) in [5, 5.41) is 10.4. The number of aromatic amines is 1. The lowest BCUT2D eigenvalue weighted by Crippen LogP contribution is -2.11. The summed E-state index contributed by atoms with van der Waals surface area (Å²) in [7, 11) is 1.58. The largest absolute Gasteiger partial charge is 0.416 e. The number of rotatable bonds is 4. The van der Waals surface area contributed by atoms with Crippen molar-refractivity contribution in [2.45, 2.75) is 12.4 Å². The molecule has 1 N–H and O–H groups in total. The third-order valence-electron chi connectivity index (χ3n) is 4.07. The van der Waals surface area contributed by atoms with Gasteiger partial charge in [-0.25, -0.2) is 0 Å². The second-order valence-electron chi connectivity index (χ2n) is 6.26. The molecular formula is C20H14F6N4.